The van der Waals surface area contributed by atoms with Crippen LogP contribution in [0.1, 0.15) is 121 Å². The predicted molar refractivity (Wildman–Crippen MR) is 269 cm³/mol. The van der Waals surface area contributed by atoms with E-state index in [1.54, 1.807) is 77.9 Å². The predicted octanol–water partition coefficient (Wildman–Crippen LogP) is 8.63. The van der Waals surface area contributed by atoms with Crippen LogP contribution >= 0.6 is 0 Å². The second-order valence-corrected chi connectivity index (χ2v) is 19.9. The average molecular weight is 995 g/mol. The van der Waals surface area contributed by atoms with E-state index in [1.165, 1.54) is 14.2 Å². The van der Waals surface area contributed by atoms with Gasteiger partial charge in [-0.3, -0.25) is 19.2 Å². The third-order valence-electron chi connectivity index (χ3n) is 11.5. The molecule has 0 unspecified atom stereocenters. The first-order valence-corrected chi connectivity index (χ1v) is 24.1. The molecule has 4 aromatic rings. The first-order valence-electron chi connectivity index (χ1n) is 24.1. The second-order valence-electron chi connectivity index (χ2n) is 19.9. The van der Waals surface area contributed by atoms with Gasteiger partial charge >= 0.3 is 24.1 Å². The van der Waals surface area contributed by atoms with Crippen LogP contribution in [-0.2, 0) is 69.7 Å². The highest BCUT2D eigenvalue weighted by Crippen LogP contribution is 2.53. The van der Waals surface area contributed by atoms with Gasteiger partial charge in [0.2, 0.25) is 11.8 Å². The lowest BCUT2D eigenvalue weighted by molar-refractivity contribution is -0.155. The minimum Gasteiger partial charge on any atom is -0.496 e. The van der Waals surface area contributed by atoms with Crippen molar-refractivity contribution < 1.29 is 61.9 Å². The number of unbranched alkanes of at least 4 members (excludes halogenated alkanes) is 1. The Morgan fingerprint density at radius 3 is 1.69 bits per heavy atom. The van der Waals surface area contributed by atoms with E-state index < -0.39 is 64.6 Å². The fourth-order valence-electron chi connectivity index (χ4n) is 7.98. The van der Waals surface area contributed by atoms with E-state index in [4.69, 9.17) is 33.2 Å². The van der Waals surface area contributed by atoms with Crippen LogP contribution in [-0.4, -0.2) is 80.0 Å². The molecular weight excluding hydrogens is 925 g/mol. The van der Waals surface area contributed by atoms with E-state index in [2.05, 4.69) is 21.3 Å². The monoisotopic (exact) mass is 994 g/mol. The van der Waals surface area contributed by atoms with Gasteiger partial charge in [0.25, 0.3) is 0 Å². The number of fused-ring (bicyclic) bond motifs is 2. The molecule has 0 fully saturated rings. The largest absolute Gasteiger partial charge is 0.496 e. The molecule has 2 atom stereocenters. The summed E-state index contributed by atoms with van der Waals surface area (Å²) in [6.07, 6.45) is -1.13. The van der Waals surface area contributed by atoms with Crippen molar-refractivity contribution in [1.82, 2.24) is 21.3 Å². The number of amides is 4. The fraction of sp³-hybridized carbons (Fsp3) is 0.455. The van der Waals surface area contributed by atoms with E-state index in [0.717, 1.165) is 22.3 Å². The quantitative estimate of drug-likeness (QED) is 0.0330. The molecule has 5 rings (SSSR count). The Morgan fingerprint density at radius 2 is 1.12 bits per heavy atom. The molecule has 0 aliphatic carbocycles. The summed E-state index contributed by atoms with van der Waals surface area (Å²) in [5.41, 5.74) is 1.87. The number of alkyl carbamates (subject to hydrolysis) is 2. The molecule has 4 aromatic carbocycles. The van der Waals surface area contributed by atoms with Crippen molar-refractivity contribution in [2.75, 3.05) is 20.8 Å². The molecule has 72 heavy (non-hydrogen) atoms. The topological polar surface area (TPSA) is 215 Å². The molecular formula is C55H70N4O13. The Hall–Kier alpha value is -7.30. The van der Waals surface area contributed by atoms with Crippen LogP contribution in [0.2, 0.25) is 0 Å². The number of carbonyl (C=O) groups excluding carboxylic acids is 6. The van der Waals surface area contributed by atoms with Crippen molar-refractivity contribution in [3.63, 3.8) is 0 Å². The summed E-state index contributed by atoms with van der Waals surface area (Å²) in [5, 5.41) is 11.0. The lowest BCUT2D eigenvalue weighted by atomic mass is 9.74. The SMILES string of the molecule is COc1ccc2c(c1CNC(=O)[C@H](CCC(=O)OC(C)(C)C)NC(=O)[C@H](CCCCNC(=O)OC(C)(C)C)NC(=O)OCc1ccccc1)Oc1c(ccc(OC)c1CC(=O)OCc1ccccc1)C2(C)C. The summed E-state index contributed by atoms with van der Waals surface area (Å²) >= 11 is 0. The number of carbonyl (C=O) groups is 6. The first-order chi connectivity index (χ1) is 34.1. The van der Waals surface area contributed by atoms with E-state index in [1.807, 2.05) is 62.4 Å². The Labute approximate surface area is 422 Å². The number of nitrogens with one attached hydrogen (secondary N) is 4. The number of hydrogen-bond donors (Lipinski definition) is 4. The van der Waals surface area contributed by atoms with Gasteiger partial charge in [0.05, 0.1) is 32.7 Å². The Kier molecular flexibility index (Phi) is 19.5. The van der Waals surface area contributed by atoms with Crippen LogP contribution in [0.25, 0.3) is 0 Å². The highest BCUT2D eigenvalue weighted by Gasteiger charge is 2.39. The van der Waals surface area contributed by atoms with Crippen molar-refractivity contribution in [1.29, 1.82) is 0 Å². The minimum absolute atomic E-state index is 0.0585. The summed E-state index contributed by atoms with van der Waals surface area (Å²) < 4.78 is 40.3. The summed E-state index contributed by atoms with van der Waals surface area (Å²) in [4.78, 5) is 80.6. The molecule has 0 saturated carbocycles. The van der Waals surface area contributed by atoms with Crippen molar-refractivity contribution in [2.24, 2.45) is 0 Å². The summed E-state index contributed by atoms with van der Waals surface area (Å²) in [6.45, 7) is 14.6. The van der Waals surface area contributed by atoms with Gasteiger partial charge in [0, 0.05) is 35.1 Å². The van der Waals surface area contributed by atoms with Gasteiger partial charge in [0.15, 0.2) is 0 Å². The maximum atomic E-state index is 14.4. The number of methoxy groups -OCH3 is 2. The van der Waals surface area contributed by atoms with E-state index >= 15 is 0 Å². The zero-order valence-electron chi connectivity index (χ0n) is 43.1. The molecule has 17 heteroatoms. The third kappa shape index (κ3) is 16.4. The molecule has 0 saturated heterocycles. The van der Waals surface area contributed by atoms with E-state index in [-0.39, 0.29) is 52.0 Å². The van der Waals surface area contributed by atoms with Gasteiger partial charge in [0.1, 0.15) is 59.5 Å². The number of benzene rings is 4. The van der Waals surface area contributed by atoms with Gasteiger partial charge in [-0.15, -0.1) is 0 Å². The van der Waals surface area contributed by atoms with Crippen LogP contribution in [0.3, 0.4) is 0 Å². The van der Waals surface area contributed by atoms with Crippen molar-refractivity contribution in [2.45, 2.75) is 142 Å². The molecule has 388 valence electrons. The molecule has 0 spiro atoms. The van der Waals surface area contributed by atoms with Crippen molar-refractivity contribution in [3.05, 3.63) is 118 Å². The third-order valence-corrected chi connectivity index (χ3v) is 11.5. The number of rotatable bonds is 22. The second kappa shape index (κ2) is 25.2. The van der Waals surface area contributed by atoms with E-state index in [0.29, 0.717) is 47.0 Å². The number of hydrogen-bond acceptors (Lipinski definition) is 13. The fourth-order valence-corrected chi connectivity index (χ4v) is 7.98. The average Bonchev–Trinajstić information content (AvgIpc) is 3.32. The maximum absolute atomic E-state index is 14.4. The van der Waals surface area contributed by atoms with Gasteiger partial charge < -0.3 is 54.4 Å². The molecule has 17 nitrogen and oxygen atoms in total. The van der Waals surface area contributed by atoms with Crippen LogP contribution in [0, 0.1) is 0 Å². The molecule has 4 N–H and O–H groups in total. The normalized spacial score (nSPS) is 13.3. The number of esters is 2. The Morgan fingerprint density at radius 1 is 0.583 bits per heavy atom. The number of ether oxygens (including phenoxy) is 7. The molecule has 1 aliphatic rings. The van der Waals surface area contributed by atoms with Crippen LogP contribution in [0.15, 0.2) is 84.9 Å². The first kappa shape index (κ1) is 55.6. The van der Waals surface area contributed by atoms with E-state index in [9.17, 15) is 28.8 Å². The van der Waals surface area contributed by atoms with Crippen molar-refractivity contribution >= 4 is 35.9 Å². The highest BCUT2D eigenvalue weighted by molar-refractivity contribution is 5.91. The summed E-state index contributed by atoms with van der Waals surface area (Å²) in [6, 6.07) is 23.2. The maximum Gasteiger partial charge on any atom is 0.408 e. The minimum atomic E-state index is -1.30. The standard InChI is InChI=1S/C55H70N4O13/c1-53(2,3)71-45(60)29-26-42(58-50(63)41(23-17-18-30-56-51(64)72-54(4,5)6)59-52(65)69-34-36-21-15-12-16-22-36)49(62)57-32-38-44(67-10)28-25-40-48(38)70-47-37(43(66-9)27-24-39(47)55(40,7)8)31-46(61)68-33-35-19-13-11-14-20-35/h11-16,19-22,24-25,27-28,41-42H,17-18,23,26,29-34H2,1-10H3,(H,56,64)(H,57,62)(H,58,63)(H,59,65)/t41-,42-/m0/s1. The molecule has 0 bridgehead atoms. The Bertz CT molecular complexity index is 2520. The highest BCUT2D eigenvalue weighted by atomic mass is 16.6. The van der Waals surface area contributed by atoms with Gasteiger partial charge in [-0.05, 0) is 90.5 Å². The lowest BCUT2D eigenvalue weighted by Crippen LogP contribution is -2.54. The van der Waals surface area contributed by atoms with Crippen LogP contribution < -0.4 is 35.5 Å². The van der Waals surface area contributed by atoms with Crippen LogP contribution in [0.4, 0.5) is 9.59 Å². The molecule has 1 heterocycles. The van der Waals surface area contributed by atoms with Crippen molar-refractivity contribution in [3.8, 4) is 23.0 Å². The summed E-state index contributed by atoms with van der Waals surface area (Å²) in [7, 11) is 2.99. The molecule has 1 aliphatic heterocycles. The van der Waals surface area contributed by atoms with Gasteiger partial charge in [-0.2, -0.15) is 0 Å². The van der Waals surface area contributed by atoms with Crippen LogP contribution in [0.5, 0.6) is 23.0 Å². The summed E-state index contributed by atoms with van der Waals surface area (Å²) in [5.74, 6) is -0.869. The zero-order chi connectivity index (χ0) is 52.6. The molecule has 0 radical (unpaired) electrons. The lowest BCUT2D eigenvalue weighted by Gasteiger charge is -2.37. The molecule has 0 aromatic heterocycles. The Balaban J connectivity index is 1.39. The molecule has 4 amide bonds. The smallest absolute Gasteiger partial charge is 0.408 e. The van der Waals surface area contributed by atoms with Gasteiger partial charge in [-0.25, -0.2) is 9.59 Å². The zero-order valence-corrected chi connectivity index (χ0v) is 43.1. The van der Waals surface area contributed by atoms with Gasteiger partial charge in [-0.1, -0.05) is 86.6 Å².